The summed E-state index contributed by atoms with van der Waals surface area (Å²) < 4.78 is 5.48. The number of Topliss-reactive ketones (excluding diaryl/α,β-unsaturated/α-hetero) is 1. The van der Waals surface area contributed by atoms with E-state index in [-0.39, 0.29) is 5.92 Å². The van der Waals surface area contributed by atoms with Crippen LogP contribution >= 0.6 is 0 Å². The van der Waals surface area contributed by atoms with Crippen molar-refractivity contribution in [3.8, 4) is 5.75 Å². The molecule has 1 aliphatic rings. The molecular weight excluding hydrogens is 238 g/mol. The number of ether oxygens (including phenoxy) is 1. The van der Waals surface area contributed by atoms with Gasteiger partial charge in [0.25, 0.3) is 0 Å². The van der Waals surface area contributed by atoms with Crippen molar-refractivity contribution in [1.82, 2.24) is 0 Å². The van der Waals surface area contributed by atoms with Crippen LogP contribution in [0.15, 0.2) is 18.2 Å². The molecule has 0 radical (unpaired) electrons. The Hall–Kier alpha value is -1.35. The first kappa shape index (κ1) is 14.1. The van der Waals surface area contributed by atoms with E-state index in [9.17, 15) is 4.79 Å². The predicted octanol–water partition coefficient (Wildman–Crippen LogP) is 2.50. The Labute approximate surface area is 115 Å². The minimum absolute atomic E-state index is 0.0442. The van der Waals surface area contributed by atoms with E-state index >= 15 is 0 Å². The number of nitrogens with two attached hydrogens (primary N) is 1. The molecule has 0 fully saturated rings. The maximum absolute atomic E-state index is 12.1. The van der Waals surface area contributed by atoms with Gasteiger partial charge in [0.1, 0.15) is 11.5 Å². The number of rotatable bonds is 7. The molecule has 104 valence electrons. The van der Waals surface area contributed by atoms with Crippen molar-refractivity contribution in [3.05, 3.63) is 29.3 Å². The van der Waals surface area contributed by atoms with E-state index in [1.165, 1.54) is 11.1 Å². The molecule has 1 heterocycles. The van der Waals surface area contributed by atoms with Gasteiger partial charge in [0.2, 0.25) is 0 Å². The number of aryl methyl sites for hydroxylation is 1. The summed E-state index contributed by atoms with van der Waals surface area (Å²) in [6.45, 7) is 3.35. The zero-order valence-corrected chi connectivity index (χ0v) is 11.7. The first-order valence-electron chi connectivity index (χ1n) is 7.22. The van der Waals surface area contributed by atoms with Gasteiger partial charge in [-0.25, -0.2) is 0 Å². The fourth-order valence-corrected chi connectivity index (χ4v) is 2.63. The zero-order chi connectivity index (χ0) is 13.7. The van der Waals surface area contributed by atoms with Crippen LogP contribution in [-0.4, -0.2) is 18.9 Å². The molecular formula is C16H23NO2. The molecule has 1 atom stereocenters. The largest absolute Gasteiger partial charge is 0.493 e. The molecule has 0 amide bonds. The average molecular weight is 261 g/mol. The van der Waals surface area contributed by atoms with Crippen LogP contribution < -0.4 is 10.5 Å². The van der Waals surface area contributed by atoms with E-state index in [0.717, 1.165) is 38.0 Å². The Morgan fingerprint density at radius 3 is 3.05 bits per heavy atom. The standard InChI is InChI=1S/C16H23NO2/c1-2-3-14(11-17)15(18)6-4-12-5-7-16-13(10-12)8-9-19-16/h5,7,10,14H,2-4,6,8-9,11,17H2,1H3. The molecule has 1 aromatic carbocycles. The first-order chi connectivity index (χ1) is 9.24. The normalized spacial score (nSPS) is 14.8. The summed E-state index contributed by atoms with van der Waals surface area (Å²) in [7, 11) is 0. The summed E-state index contributed by atoms with van der Waals surface area (Å²) in [5.41, 5.74) is 8.16. The number of ketones is 1. The second kappa shape index (κ2) is 6.71. The van der Waals surface area contributed by atoms with Gasteiger partial charge in [-0.15, -0.1) is 0 Å². The average Bonchev–Trinajstić information content (AvgIpc) is 2.89. The van der Waals surface area contributed by atoms with Gasteiger partial charge in [0.05, 0.1) is 6.61 Å². The fourth-order valence-electron chi connectivity index (χ4n) is 2.63. The van der Waals surface area contributed by atoms with Gasteiger partial charge in [0, 0.05) is 25.3 Å². The Kier molecular flexibility index (Phi) is 4.97. The highest BCUT2D eigenvalue weighted by Crippen LogP contribution is 2.26. The molecule has 1 aliphatic heterocycles. The number of hydrogen-bond acceptors (Lipinski definition) is 3. The molecule has 1 aromatic rings. The molecule has 19 heavy (non-hydrogen) atoms. The van der Waals surface area contributed by atoms with E-state index in [4.69, 9.17) is 10.5 Å². The third-order valence-corrected chi connectivity index (χ3v) is 3.79. The number of benzene rings is 1. The lowest BCUT2D eigenvalue weighted by Gasteiger charge is -2.12. The Balaban J connectivity index is 1.89. The van der Waals surface area contributed by atoms with Crippen LogP contribution in [-0.2, 0) is 17.6 Å². The van der Waals surface area contributed by atoms with Gasteiger partial charge < -0.3 is 10.5 Å². The topological polar surface area (TPSA) is 52.3 Å². The third-order valence-electron chi connectivity index (χ3n) is 3.79. The summed E-state index contributed by atoms with van der Waals surface area (Å²) in [5.74, 6) is 1.35. The minimum atomic E-state index is 0.0442. The van der Waals surface area contributed by atoms with Crippen molar-refractivity contribution < 1.29 is 9.53 Å². The molecule has 0 aliphatic carbocycles. The second-order valence-electron chi connectivity index (χ2n) is 5.23. The van der Waals surface area contributed by atoms with Crippen LogP contribution in [0.3, 0.4) is 0 Å². The van der Waals surface area contributed by atoms with E-state index in [1.807, 2.05) is 6.07 Å². The van der Waals surface area contributed by atoms with Gasteiger partial charge in [-0.1, -0.05) is 25.5 Å². The second-order valence-corrected chi connectivity index (χ2v) is 5.23. The molecule has 3 heteroatoms. The minimum Gasteiger partial charge on any atom is -0.493 e. The molecule has 1 unspecified atom stereocenters. The van der Waals surface area contributed by atoms with Crippen LogP contribution in [0.25, 0.3) is 0 Å². The van der Waals surface area contributed by atoms with Gasteiger partial charge in [0.15, 0.2) is 0 Å². The maximum Gasteiger partial charge on any atom is 0.137 e. The lowest BCUT2D eigenvalue weighted by molar-refractivity contribution is -0.122. The Morgan fingerprint density at radius 2 is 2.32 bits per heavy atom. The van der Waals surface area contributed by atoms with E-state index in [1.54, 1.807) is 0 Å². The Morgan fingerprint density at radius 1 is 1.47 bits per heavy atom. The van der Waals surface area contributed by atoms with Crippen LogP contribution in [0.1, 0.15) is 37.3 Å². The van der Waals surface area contributed by atoms with Gasteiger partial charge in [-0.2, -0.15) is 0 Å². The number of carbonyl (C=O) groups is 1. The monoisotopic (exact) mass is 261 g/mol. The van der Waals surface area contributed by atoms with Crippen LogP contribution in [0.4, 0.5) is 0 Å². The zero-order valence-electron chi connectivity index (χ0n) is 11.7. The smallest absolute Gasteiger partial charge is 0.137 e. The van der Waals surface area contributed by atoms with E-state index in [0.29, 0.717) is 18.7 Å². The summed E-state index contributed by atoms with van der Waals surface area (Å²) in [6.07, 6.45) is 4.32. The summed E-state index contributed by atoms with van der Waals surface area (Å²) in [5, 5.41) is 0. The Bertz CT molecular complexity index is 442. The van der Waals surface area contributed by atoms with Gasteiger partial charge >= 0.3 is 0 Å². The summed E-state index contributed by atoms with van der Waals surface area (Å²) >= 11 is 0. The highest BCUT2D eigenvalue weighted by atomic mass is 16.5. The van der Waals surface area contributed by atoms with Crippen LogP contribution in [0, 0.1) is 5.92 Å². The van der Waals surface area contributed by atoms with Gasteiger partial charge in [-0.3, -0.25) is 4.79 Å². The first-order valence-corrected chi connectivity index (χ1v) is 7.22. The van der Waals surface area contributed by atoms with Crippen molar-refractivity contribution >= 4 is 5.78 Å². The van der Waals surface area contributed by atoms with Crippen molar-refractivity contribution in [3.63, 3.8) is 0 Å². The highest BCUT2D eigenvalue weighted by Gasteiger charge is 2.16. The van der Waals surface area contributed by atoms with Crippen molar-refractivity contribution in [2.75, 3.05) is 13.2 Å². The van der Waals surface area contributed by atoms with Gasteiger partial charge in [-0.05, 0) is 30.0 Å². The van der Waals surface area contributed by atoms with E-state index < -0.39 is 0 Å². The molecule has 0 saturated carbocycles. The van der Waals surface area contributed by atoms with Crippen LogP contribution in [0.2, 0.25) is 0 Å². The van der Waals surface area contributed by atoms with Crippen molar-refractivity contribution in [2.24, 2.45) is 11.7 Å². The third kappa shape index (κ3) is 3.57. The quantitative estimate of drug-likeness (QED) is 0.820. The predicted molar refractivity (Wildman–Crippen MR) is 76.4 cm³/mol. The fraction of sp³-hybridized carbons (Fsp3) is 0.562. The van der Waals surface area contributed by atoms with Crippen molar-refractivity contribution in [1.29, 1.82) is 0 Å². The molecule has 0 bridgehead atoms. The van der Waals surface area contributed by atoms with Crippen LogP contribution in [0.5, 0.6) is 5.75 Å². The number of fused-ring (bicyclic) bond motifs is 1. The SMILES string of the molecule is CCCC(CN)C(=O)CCc1ccc2c(c1)CCO2. The number of hydrogen-bond donors (Lipinski definition) is 1. The number of carbonyl (C=O) groups excluding carboxylic acids is 1. The van der Waals surface area contributed by atoms with Crippen molar-refractivity contribution in [2.45, 2.75) is 39.0 Å². The lowest BCUT2D eigenvalue weighted by Crippen LogP contribution is -2.23. The molecule has 0 aromatic heterocycles. The van der Waals surface area contributed by atoms with E-state index in [2.05, 4.69) is 19.1 Å². The highest BCUT2D eigenvalue weighted by molar-refractivity contribution is 5.81. The summed E-state index contributed by atoms with van der Waals surface area (Å²) in [4.78, 5) is 12.1. The molecule has 3 nitrogen and oxygen atoms in total. The lowest BCUT2D eigenvalue weighted by atomic mass is 9.94. The maximum atomic E-state index is 12.1. The summed E-state index contributed by atoms with van der Waals surface area (Å²) in [6, 6.07) is 6.26. The molecule has 0 saturated heterocycles. The molecule has 2 N–H and O–H groups in total. The molecule has 0 spiro atoms. The molecule has 2 rings (SSSR count).